The number of hydrogen-bond acceptors (Lipinski definition) is 3. The lowest BCUT2D eigenvalue weighted by Crippen LogP contribution is -2.25. The molecule has 1 heterocycles. The van der Waals surface area contributed by atoms with Gasteiger partial charge < -0.3 is 9.52 Å². The molecular formula is C16H16FNO3. The maximum atomic E-state index is 13.4. The van der Waals surface area contributed by atoms with Crippen LogP contribution in [0, 0.1) is 5.82 Å². The zero-order valence-electron chi connectivity index (χ0n) is 11.5. The van der Waals surface area contributed by atoms with Crippen LogP contribution in [-0.2, 0) is 13.1 Å². The zero-order valence-corrected chi connectivity index (χ0v) is 11.5. The average Bonchev–Trinajstić information content (AvgIpc) is 3.18. The van der Waals surface area contributed by atoms with E-state index in [1.165, 1.54) is 12.1 Å². The van der Waals surface area contributed by atoms with Crippen LogP contribution in [0.25, 0.3) is 0 Å². The van der Waals surface area contributed by atoms with Crippen molar-refractivity contribution in [3.8, 4) is 0 Å². The Kier molecular flexibility index (Phi) is 3.75. The summed E-state index contributed by atoms with van der Waals surface area (Å²) in [5, 5.41) is 8.98. The Bertz CT molecular complexity index is 635. The molecule has 21 heavy (non-hydrogen) atoms. The Hall–Kier alpha value is -2.14. The fourth-order valence-corrected chi connectivity index (χ4v) is 2.43. The van der Waals surface area contributed by atoms with Gasteiger partial charge in [-0.25, -0.2) is 9.18 Å². The van der Waals surface area contributed by atoms with Crippen LogP contribution < -0.4 is 0 Å². The van der Waals surface area contributed by atoms with Crippen molar-refractivity contribution in [2.75, 3.05) is 0 Å². The molecule has 0 amide bonds. The topological polar surface area (TPSA) is 53.7 Å². The second-order valence-corrected chi connectivity index (χ2v) is 5.33. The molecule has 3 rings (SSSR count). The molecule has 1 saturated carbocycles. The van der Waals surface area contributed by atoms with Crippen LogP contribution in [0.3, 0.4) is 0 Å². The monoisotopic (exact) mass is 289 g/mol. The van der Waals surface area contributed by atoms with Crippen molar-refractivity contribution >= 4 is 5.97 Å². The van der Waals surface area contributed by atoms with Crippen molar-refractivity contribution < 1.29 is 18.7 Å². The van der Waals surface area contributed by atoms with Crippen molar-refractivity contribution in [1.82, 2.24) is 4.90 Å². The van der Waals surface area contributed by atoms with Crippen LogP contribution in [0.15, 0.2) is 41.0 Å². The number of halogens is 1. The quantitative estimate of drug-likeness (QED) is 0.886. The molecule has 4 nitrogen and oxygen atoms in total. The summed E-state index contributed by atoms with van der Waals surface area (Å²) in [6.07, 6.45) is 3.90. The van der Waals surface area contributed by atoms with Gasteiger partial charge in [0.15, 0.2) is 0 Å². The lowest BCUT2D eigenvalue weighted by atomic mass is 10.1. The van der Waals surface area contributed by atoms with Crippen molar-refractivity contribution in [1.29, 1.82) is 0 Å². The molecule has 1 fully saturated rings. The van der Waals surface area contributed by atoms with Crippen LogP contribution in [-0.4, -0.2) is 22.0 Å². The molecule has 1 N–H and O–H groups in total. The number of aromatic carboxylic acids is 1. The smallest absolute Gasteiger partial charge is 0.338 e. The molecule has 0 saturated heterocycles. The lowest BCUT2D eigenvalue weighted by Gasteiger charge is -2.21. The summed E-state index contributed by atoms with van der Waals surface area (Å²) in [7, 11) is 0. The summed E-state index contributed by atoms with van der Waals surface area (Å²) in [6, 6.07) is 8.53. The van der Waals surface area contributed by atoms with Gasteiger partial charge in [-0.1, -0.05) is 6.07 Å². The summed E-state index contributed by atoms with van der Waals surface area (Å²) in [5.41, 5.74) is 0.522. The summed E-state index contributed by atoms with van der Waals surface area (Å²) in [5.74, 6) is -1.06. The first kappa shape index (κ1) is 13.8. The molecule has 1 aliphatic rings. The van der Waals surface area contributed by atoms with Crippen LogP contribution in [0.1, 0.15) is 34.5 Å². The molecule has 0 atom stereocenters. The van der Waals surface area contributed by atoms with Gasteiger partial charge in [0, 0.05) is 12.6 Å². The molecule has 0 spiro atoms. The summed E-state index contributed by atoms with van der Waals surface area (Å²) >= 11 is 0. The third kappa shape index (κ3) is 3.31. The number of nitrogens with zero attached hydrogens (tertiary/aromatic N) is 1. The highest BCUT2D eigenvalue weighted by Crippen LogP contribution is 2.30. The minimum atomic E-state index is -1.24. The molecule has 2 aromatic rings. The summed E-state index contributed by atoms with van der Waals surface area (Å²) in [6.45, 7) is 1.27. The number of furan rings is 1. The van der Waals surface area contributed by atoms with Gasteiger partial charge in [0.1, 0.15) is 11.6 Å². The van der Waals surface area contributed by atoms with Gasteiger partial charge in [-0.3, -0.25) is 4.90 Å². The van der Waals surface area contributed by atoms with Crippen molar-refractivity contribution in [3.63, 3.8) is 0 Å². The molecule has 0 radical (unpaired) electrons. The zero-order chi connectivity index (χ0) is 14.8. The van der Waals surface area contributed by atoms with E-state index in [1.807, 2.05) is 12.1 Å². The highest BCUT2D eigenvalue weighted by molar-refractivity contribution is 5.88. The van der Waals surface area contributed by atoms with Gasteiger partial charge in [0.25, 0.3) is 0 Å². The van der Waals surface area contributed by atoms with E-state index in [-0.39, 0.29) is 5.56 Å². The van der Waals surface area contributed by atoms with E-state index in [9.17, 15) is 9.18 Å². The van der Waals surface area contributed by atoms with E-state index in [1.54, 1.807) is 12.3 Å². The van der Waals surface area contributed by atoms with Crippen LogP contribution in [0.2, 0.25) is 0 Å². The minimum Gasteiger partial charge on any atom is -0.478 e. The van der Waals surface area contributed by atoms with E-state index in [4.69, 9.17) is 9.52 Å². The average molecular weight is 289 g/mol. The molecule has 0 aliphatic heterocycles. The number of benzene rings is 1. The number of carboxylic acids is 1. The number of carboxylic acid groups (broad SMARTS) is 1. The fourth-order valence-electron chi connectivity index (χ4n) is 2.43. The van der Waals surface area contributed by atoms with Gasteiger partial charge in [0.2, 0.25) is 0 Å². The number of carbonyl (C=O) groups is 1. The third-order valence-electron chi connectivity index (χ3n) is 3.65. The molecule has 1 aliphatic carbocycles. The molecule has 1 aromatic heterocycles. The van der Waals surface area contributed by atoms with Crippen LogP contribution >= 0.6 is 0 Å². The van der Waals surface area contributed by atoms with Gasteiger partial charge in [-0.15, -0.1) is 0 Å². The predicted molar refractivity (Wildman–Crippen MR) is 74.3 cm³/mol. The summed E-state index contributed by atoms with van der Waals surface area (Å²) < 4.78 is 18.8. The van der Waals surface area contributed by atoms with Gasteiger partial charge in [-0.2, -0.15) is 0 Å². The van der Waals surface area contributed by atoms with Crippen molar-refractivity contribution in [2.24, 2.45) is 0 Å². The molecule has 0 unspecified atom stereocenters. The Balaban J connectivity index is 1.76. The Morgan fingerprint density at radius 1 is 1.33 bits per heavy atom. The Morgan fingerprint density at radius 3 is 2.76 bits per heavy atom. The van der Waals surface area contributed by atoms with E-state index < -0.39 is 11.8 Å². The first-order chi connectivity index (χ1) is 10.1. The second kappa shape index (κ2) is 5.69. The van der Waals surface area contributed by atoms with Crippen molar-refractivity contribution in [2.45, 2.75) is 32.0 Å². The van der Waals surface area contributed by atoms with E-state index >= 15 is 0 Å². The molecule has 5 heteroatoms. The minimum absolute atomic E-state index is 0.277. The summed E-state index contributed by atoms with van der Waals surface area (Å²) in [4.78, 5) is 13.2. The molecule has 1 aromatic carbocycles. The molecule has 110 valence electrons. The number of hydrogen-bond donors (Lipinski definition) is 1. The molecule has 0 bridgehead atoms. The van der Waals surface area contributed by atoms with Crippen LogP contribution in [0.4, 0.5) is 4.39 Å². The SMILES string of the molecule is O=C(O)c1cc(CN(Cc2ccco2)C2CC2)ccc1F. The van der Waals surface area contributed by atoms with E-state index in [0.717, 1.165) is 24.2 Å². The largest absolute Gasteiger partial charge is 0.478 e. The predicted octanol–water partition coefficient (Wildman–Crippen LogP) is 3.28. The third-order valence-corrected chi connectivity index (χ3v) is 3.65. The van der Waals surface area contributed by atoms with Crippen LogP contribution in [0.5, 0.6) is 0 Å². The normalized spacial score (nSPS) is 14.6. The fraction of sp³-hybridized carbons (Fsp3) is 0.312. The Morgan fingerprint density at radius 2 is 2.14 bits per heavy atom. The maximum absolute atomic E-state index is 13.4. The highest BCUT2D eigenvalue weighted by Gasteiger charge is 2.29. The highest BCUT2D eigenvalue weighted by atomic mass is 19.1. The van der Waals surface area contributed by atoms with E-state index in [0.29, 0.717) is 19.1 Å². The number of rotatable bonds is 6. The maximum Gasteiger partial charge on any atom is 0.338 e. The van der Waals surface area contributed by atoms with Crippen molar-refractivity contribution in [3.05, 3.63) is 59.3 Å². The first-order valence-corrected chi connectivity index (χ1v) is 6.91. The lowest BCUT2D eigenvalue weighted by molar-refractivity contribution is 0.0691. The van der Waals surface area contributed by atoms with E-state index in [2.05, 4.69) is 4.90 Å². The van der Waals surface area contributed by atoms with Gasteiger partial charge >= 0.3 is 5.97 Å². The standard InChI is InChI=1S/C16H16FNO3/c17-15-6-3-11(8-14(15)16(19)20)9-18(12-4-5-12)10-13-2-1-7-21-13/h1-3,6-8,12H,4-5,9-10H2,(H,19,20). The van der Waals surface area contributed by atoms with Gasteiger partial charge in [-0.05, 0) is 42.7 Å². The van der Waals surface area contributed by atoms with Gasteiger partial charge in [0.05, 0.1) is 18.4 Å². The first-order valence-electron chi connectivity index (χ1n) is 6.91. The molecular weight excluding hydrogens is 273 g/mol. The Labute approximate surface area is 121 Å². The second-order valence-electron chi connectivity index (χ2n) is 5.33.